The predicted octanol–water partition coefficient (Wildman–Crippen LogP) is 8.60. The molecule has 2 heterocycles. The number of pyridine rings is 1. The second kappa shape index (κ2) is 12.5. The van der Waals surface area contributed by atoms with E-state index in [0.717, 1.165) is 41.8 Å². The van der Waals surface area contributed by atoms with Crippen molar-refractivity contribution in [3.05, 3.63) is 123 Å². The molecule has 0 saturated carbocycles. The van der Waals surface area contributed by atoms with Gasteiger partial charge >= 0.3 is 0 Å². The number of H-pyrrole nitrogens is 1. The summed E-state index contributed by atoms with van der Waals surface area (Å²) in [4.78, 5) is 6.46. The number of aromatic amines is 1. The Labute approximate surface area is 239 Å². The number of ether oxygens (including phenoxy) is 1. The third-order valence-electron chi connectivity index (χ3n) is 6.69. The average Bonchev–Trinajstić information content (AvgIpc) is 3.35. The molecule has 0 aliphatic heterocycles. The first-order valence-electron chi connectivity index (χ1n) is 13.0. The molecule has 5 aromatic rings. The summed E-state index contributed by atoms with van der Waals surface area (Å²) in [6.07, 6.45) is 6.90. The molecule has 0 aliphatic rings. The molecule has 1 N–H and O–H groups in total. The maximum Gasteiger partial charge on any atom is 0.124 e. The highest BCUT2D eigenvalue weighted by Gasteiger charge is 2.16. The molecule has 5 nitrogen and oxygen atoms in total. The van der Waals surface area contributed by atoms with E-state index in [1.165, 1.54) is 11.1 Å². The minimum atomic E-state index is -0.341. The van der Waals surface area contributed by atoms with Crippen molar-refractivity contribution in [3.63, 3.8) is 0 Å². The molecular weight excluding hydrogens is 527 g/mol. The average molecular weight is 558 g/mol. The summed E-state index contributed by atoms with van der Waals surface area (Å²) in [5.41, 5.74) is 6.23. The third-order valence-corrected chi connectivity index (χ3v) is 7.29. The summed E-state index contributed by atoms with van der Waals surface area (Å²) in [6, 6.07) is 25.1. The normalized spacial score (nSPS) is 12.4. The van der Waals surface area contributed by atoms with E-state index in [4.69, 9.17) is 27.9 Å². The smallest absolute Gasteiger partial charge is 0.124 e. The minimum Gasteiger partial charge on any atom is -0.486 e. The van der Waals surface area contributed by atoms with Crippen LogP contribution in [0.25, 0.3) is 23.1 Å². The quantitative estimate of drug-likeness (QED) is 0.187. The van der Waals surface area contributed by atoms with Crippen molar-refractivity contribution in [2.45, 2.75) is 33.0 Å². The Morgan fingerprint density at radius 3 is 2.28 bits per heavy atom. The van der Waals surface area contributed by atoms with Crippen LogP contribution in [0.2, 0.25) is 10.0 Å². The van der Waals surface area contributed by atoms with E-state index in [2.05, 4.69) is 87.7 Å². The van der Waals surface area contributed by atoms with Crippen LogP contribution in [0.5, 0.6) is 5.75 Å². The first-order valence-corrected chi connectivity index (χ1v) is 13.7. The minimum absolute atomic E-state index is 0.341. The third kappa shape index (κ3) is 6.69. The van der Waals surface area contributed by atoms with Crippen molar-refractivity contribution in [2.24, 2.45) is 0 Å². The summed E-state index contributed by atoms with van der Waals surface area (Å²) >= 11 is 12.6. The van der Waals surface area contributed by atoms with Crippen LogP contribution in [-0.2, 0) is 13.1 Å². The molecule has 7 heteroatoms. The monoisotopic (exact) mass is 556 g/mol. The Bertz CT molecular complexity index is 1540. The van der Waals surface area contributed by atoms with E-state index in [1.54, 1.807) is 12.4 Å². The van der Waals surface area contributed by atoms with Gasteiger partial charge in [0.15, 0.2) is 0 Å². The molecule has 0 saturated heterocycles. The van der Waals surface area contributed by atoms with Crippen LogP contribution in [-0.4, -0.2) is 26.6 Å². The number of fused-ring (bicyclic) bond motifs is 1. The maximum atomic E-state index is 6.31. The highest BCUT2D eigenvalue weighted by molar-refractivity contribution is 6.35. The van der Waals surface area contributed by atoms with Gasteiger partial charge < -0.3 is 4.74 Å². The second-order valence-corrected chi connectivity index (χ2v) is 10.3. The summed E-state index contributed by atoms with van der Waals surface area (Å²) in [6.45, 7) is 6.97. The molecule has 3 aromatic carbocycles. The largest absolute Gasteiger partial charge is 0.486 e. The highest BCUT2D eigenvalue weighted by atomic mass is 35.5. The molecule has 0 bridgehead atoms. The van der Waals surface area contributed by atoms with Gasteiger partial charge in [0.25, 0.3) is 0 Å². The van der Waals surface area contributed by atoms with Crippen molar-refractivity contribution in [1.29, 1.82) is 0 Å². The number of nitrogens with zero attached hydrogens (tertiary/aromatic N) is 3. The fourth-order valence-corrected chi connectivity index (χ4v) is 5.25. The zero-order chi connectivity index (χ0) is 27.2. The van der Waals surface area contributed by atoms with Gasteiger partial charge in [-0.1, -0.05) is 90.8 Å². The zero-order valence-corrected chi connectivity index (χ0v) is 23.5. The Morgan fingerprint density at radius 2 is 1.59 bits per heavy atom. The Morgan fingerprint density at radius 1 is 0.897 bits per heavy atom. The van der Waals surface area contributed by atoms with Gasteiger partial charge in [-0.05, 0) is 54.4 Å². The van der Waals surface area contributed by atoms with Crippen LogP contribution >= 0.6 is 23.2 Å². The number of benzene rings is 3. The van der Waals surface area contributed by atoms with E-state index in [-0.39, 0.29) is 6.10 Å². The van der Waals surface area contributed by atoms with Crippen LogP contribution in [0.4, 0.5) is 0 Å². The van der Waals surface area contributed by atoms with Gasteiger partial charge in [-0.3, -0.25) is 15.0 Å². The number of nitrogens with one attached hydrogen (secondary N) is 1. The lowest BCUT2D eigenvalue weighted by Crippen LogP contribution is -2.22. The van der Waals surface area contributed by atoms with Crippen molar-refractivity contribution in [3.8, 4) is 5.75 Å². The van der Waals surface area contributed by atoms with Gasteiger partial charge in [0.1, 0.15) is 11.9 Å². The number of hydrogen-bond donors (Lipinski definition) is 1. The first-order chi connectivity index (χ1) is 19.0. The molecule has 0 spiro atoms. The topological polar surface area (TPSA) is 54.0 Å². The molecular formula is C32H30Cl2N4O. The maximum absolute atomic E-state index is 6.31. The molecule has 0 fully saturated rings. The lowest BCUT2D eigenvalue weighted by atomic mass is 10.1. The van der Waals surface area contributed by atoms with Gasteiger partial charge in [-0.25, -0.2) is 0 Å². The summed E-state index contributed by atoms with van der Waals surface area (Å²) in [7, 11) is 0. The van der Waals surface area contributed by atoms with E-state index in [0.29, 0.717) is 21.4 Å². The number of rotatable bonds is 10. The fourth-order valence-electron chi connectivity index (χ4n) is 4.58. The van der Waals surface area contributed by atoms with Gasteiger partial charge in [-0.15, -0.1) is 0 Å². The lowest BCUT2D eigenvalue weighted by molar-refractivity contribution is 0.227. The molecule has 2 aromatic heterocycles. The van der Waals surface area contributed by atoms with Crippen LogP contribution in [0, 0.1) is 0 Å². The number of aromatic nitrogens is 3. The fraction of sp³-hybridized carbons (Fsp3) is 0.188. The van der Waals surface area contributed by atoms with Gasteiger partial charge in [0.05, 0.1) is 21.3 Å². The number of halogens is 2. The zero-order valence-electron chi connectivity index (χ0n) is 21.9. The Kier molecular flexibility index (Phi) is 8.62. The summed E-state index contributed by atoms with van der Waals surface area (Å²) in [5.74, 6) is 0.704. The van der Waals surface area contributed by atoms with Crippen molar-refractivity contribution in [1.82, 2.24) is 20.1 Å². The van der Waals surface area contributed by atoms with E-state index >= 15 is 0 Å². The van der Waals surface area contributed by atoms with Crippen molar-refractivity contribution >= 4 is 46.3 Å². The molecule has 0 radical (unpaired) electrons. The molecule has 198 valence electrons. The Hall–Kier alpha value is -3.64. The van der Waals surface area contributed by atoms with Crippen LogP contribution in [0.1, 0.15) is 47.9 Å². The molecule has 0 amide bonds. The Balaban J connectivity index is 1.27. The van der Waals surface area contributed by atoms with Crippen LogP contribution in [0.15, 0.2) is 85.2 Å². The van der Waals surface area contributed by atoms with E-state index in [9.17, 15) is 0 Å². The molecule has 1 unspecified atom stereocenters. The van der Waals surface area contributed by atoms with Crippen LogP contribution in [0.3, 0.4) is 0 Å². The van der Waals surface area contributed by atoms with E-state index in [1.807, 2.05) is 31.2 Å². The molecule has 39 heavy (non-hydrogen) atoms. The van der Waals surface area contributed by atoms with Gasteiger partial charge in [0.2, 0.25) is 0 Å². The van der Waals surface area contributed by atoms with Crippen molar-refractivity contribution < 1.29 is 4.74 Å². The second-order valence-electron chi connectivity index (χ2n) is 9.46. The van der Waals surface area contributed by atoms with Gasteiger partial charge in [-0.2, -0.15) is 5.10 Å². The highest BCUT2D eigenvalue weighted by Crippen LogP contribution is 2.33. The summed E-state index contributed by atoms with van der Waals surface area (Å²) in [5, 5.41) is 9.53. The van der Waals surface area contributed by atoms with E-state index < -0.39 is 0 Å². The van der Waals surface area contributed by atoms with Crippen LogP contribution < -0.4 is 4.74 Å². The predicted molar refractivity (Wildman–Crippen MR) is 161 cm³/mol. The molecule has 1 atom stereocenters. The lowest BCUT2D eigenvalue weighted by Gasteiger charge is -2.20. The standard InChI is InChI=1S/C32H30Cl2N4O/c1-3-38(20-24-7-5-4-6-8-24)21-25-11-9-23(10-12-25)13-15-30-27-17-26(14-16-31(27)37-36-30)39-22(2)32-28(33)18-35-19-29(32)34/h4-19,22H,3,20-21H2,1-2H3,(H,36,37)/b15-13+. The molecule has 5 rings (SSSR count). The van der Waals surface area contributed by atoms with Crippen molar-refractivity contribution in [2.75, 3.05) is 6.54 Å². The molecule has 0 aliphatic carbocycles. The summed E-state index contributed by atoms with van der Waals surface area (Å²) < 4.78 is 6.18. The van der Waals surface area contributed by atoms with Gasteiger partial charge in [0, 0.05) is 36.4 Å². The number of hydrogen-bond acceptors (Lipinski definition) is 4. The SMILES string of the molecule is CCN(Cc1ccccc1)Cc1ccc(/C=C/c2n[nH]c3ccc(OC(C)c4c(Cl)cncc4Cl)cc23)cc1. The first kappa shape index (κ1) is 26.9.